The first kappa shape index (κ1) is 5.24. The van der Waals surface area contributed by atoms with E-state index in [1.54, 1.807) is 6.21 Å². The van der Waals surface area contributed by atoms with E-state index in [0.717, 1.165) is 0 Å². The van der Waals surface area contributed by atoms with Crippen molar-refractivity contribution < 1.29 is 0 Å². The second kappa shape index (κ2) is 1.92. The molecule has 0 aromatic heterocycles. The van der Waals surface area contributed by atoms with Gasteiger partial charge >= 0.3 is 0 Å². The van der Waals surface area contributed by atoms with Crippen LogP contribution in [0.4, 0.5) is 0 Å². The Hall–Kier alpha value is -0.900. The summed E-state index contributed by atoms with van der Waals surface area (Å²) in [4.78, 5) is 7.64. The van der Waals surface area contributed by atoms with Gasteiger partial charge in [-0.05, 0) is 0 Å². The molecule has 0 saturated heterocycles. The van der Waals surface area contributed by atoms with E-state index in [9.17, 15) is 0 Å². The molecule has 4 heteroatoms. The largest absolute Gasteiger partial charge is 0.386 e. The van der Waals surface area contributed by atoms with Gasteiger partial charge in [0.25, 0.3) is 0 Å². The zero-order valence-electron chi connectivity index (χ0n) is 4.41. The van der Waals surface area contributed by atoms with E-state index >= 15 is 0 Å². The highest BCUT2D eigenvalue weighted by Crippen LogP contribution is 1.84. The molecule has 0 spiro atoms. The molecule has 1 unspecified atom stereocenters. The van der Waals surface area contributed by atoms with Crippen molar-refractivity contribution in [2.24, 2.45) is 21.5 Å². The molecule has 0 aromatic carbocycles. The highest BCUT2D eigenvalue weighted by Gasteiger charge is 2.00. The maximum atomic E-state index is 5.31. The Labute approximate surface area is 47.3 Å². The summed E-state index contributed by atoms with van der Waals surface area (Å²) in [7, 11) is 0. The number of rotatable bonds is 0. The minimum atomic E-state index is -0.316. The Kier molecular flexibility index (Phi) is 1.26. The van der Waals surface area contributed by atoms with Gasteiger partial charge in [-0.2, -0.15) is 0 Å². The second-order valence-electron chi connectivity index (χ2n) is 1.60. The fraction of sp³-hybridized carbons (Fsp3) is 0.500. The lowest BCUT2D eigenvalue weighted by Crippen LogP contribution is -2.30. The average Bonchev–Trinajstić information content (AvgIpc) is 1.64. The zero-order valence-corrected chi connectivity index (χ0v) is 4.41. The molecule has 0 fully saturated rings. The molecule has 1 heterocycles. The number of nitrogens with two attached hydrogens (primary N) is 2. The Balaban J connectivity index is 2.60. The van der Waals surface area contributed by atoms with Gasteiger partial charge in [-0.15, -0.1) is 0 Å². The van der Waals surface area contributed by atoms with Crippen molar-refractivity contribution in [1.29, 1.82) is 0 Å². The van der Waals surface area contributed by atoms with Gasteiger partial charge in [0.1, 0.15) is 12.0 Å². The lowest BCUT2D eigenvalue weighted by Gasteiger charge is -2.05. The van der Waals surface area contributed by atoms with Gasteiger partial charge in [0, 0.05) is 6.21 Å². The van der Waals surface area contributed by atoms with Gasteiger partial charge in [0.2, 0.25) is 0 Å². The van der Waals surface area contributed by atoms with Gasteiger partial charge in [-0.25, -0.2) is 4.99 Å². The summed E-state index contributed by atoms with van der Waals surface area (Å²) in [5, 5.41) is 0. The van der Waals surface area contributed by atoms with E-state index in [1.807, 2.05) is 0 Å². The van der Waals surface area contributed by atoms with Crippen LogP contribution < -0.4 is 11.5 Å². The van der Waals surface area contributed by atoms with Gasteiger partial charge < -0.3 is 11.5 Å². The Bertz CT molecular complexity index is 137. The summed E-state index contributed by atoms with van der Waals surface area (Å²) in [5.74, 6) is 0.514. The highest BCUT2D eigenvalue weighted by atomic mass is 15.0. The van der Waals surface area contributed by atoms with Crippen LogP contribution in [-0.4, -0.2) is 24.8 Å². The van der Waals surface area contributed by atoms with Crippen LogP contribution in [0.1, 0.15) is 0 Å². The molecule has 0 aromatic rings. The molecule has 1 rings (SSSR count). The molecule has 4 N–H and O–H groups in total. The molecule has 1 aliphatic rings. The molecule has 8 heavy (non-hydrogen) atoms. The molecule has 0 aliphatic carbocycles. The third-order valence-corrected chi connectivity index (χ3v) is 0.826. The lowest BCUT2D eigenvalue weighted by molar-refractivity contribution is 0.907. The van der Waals surface area contributed by atoms with Crippen molar-refractivity contribution in [2.45, 2.75) is 6.17 Å². The third kappa shape index (κ3) is 1.04. The molecule has 0 saturated carbocycles. The van der Waals surface area contributed by atoms with E-state index in [1.165, 1.54) is 0 Å². The number of hydrogen-bond acceptors (Lipinski definition) is 4. The number of amidine groups is 1. The van der Waals surface area contributed by atoms with Gasteiger partial charge in [0.15, 0.2) is 0 Å². The summed E-state index contributed by atoms with van der Waals surface area (Å²) in [5.41, 5.74) is 10.6. The first-order chi connectivity index (χ1) is 3.79. The summed E-state index contributed by atoms with van der Waals surface area (Å²) in [6.45, 7) is 0.494. The van der Waals surface area contributed by atoms with Crippen LogP contribution >= 0.6 is 0 Å². The maximum Gasteiger partial charge on any atom is 0.134 e. The van der Waals surface area contributed by atoms with Crippen molar-refractivity contribution in [3.05, 3.63) is 0 Å². The quantitative estimate of drug-likeness (QED) is 0.409. The fourth-order valence-electron chi connectivity index (χ4n) is 0.520. The SMILES string of the molecule is NC1=NC(N)C=NC1. The van der Waals surface area contributed by atoms with Crippen molar-refractivity contribution in [3.8, 4) is 0 Å². The molecule has 44 valence electrons. The Morgan fingerprint density at radius 2 is 2.50 bits per heavy atom. The first-order valence-electron chi connectivity index (χ1n) is 2.37. The minimum Gasteiger partial charge on any atom is -0.386 e. The third-order valence-electron chi connectivity index (χ3n) is 0.826. The van der Waals surface area contributed by atoms with E-state index in [-0.39, 0.29) is 6.17 Å². The minimum absolute atomic E-state index is 0.316. The smallest absolute Gasteiger partial charge is 0.134 e. The predicted octanol–water partition coefficient (Wildman–Crippen LogP) is -1.29. The number of aliphatic imine (C=N–C) groups is 2. The van der Waals surface area contributed by atoms with Crippen molar-refractivity contribution in [2.75, 3.05) is 6.54 Å². The first-order valence-corrected chi connectivity index (χ1v) is 2.37. The predicted molar refractivity (Wildman–Crippen MR) is 33.0 cm³/mol. The Morgan fingerprint density at radius 1 is 1.75 bits per heavy atom. The van der Waals surface area contributed by atoms with E-state index in [4.69, 9.17) is 11.5 Å². The van der Waals surface area contributed by atoms with E-state index in [0.29, 0.717) is 12.4 Å². The van der Waals surface area contributed by atoms with Crippen LogP contribution in [0.5, 0.6) is 0 Å². The van der Waals surface area contributed by atoms with E-state index < -0.39 is 0 Å². The normalized spacial score (nSPS) is 27.6. The maximum absolute atomic E-state index is 5.31. The van der Waals surface area contributed by atoms with Crippen LogP contribution in [0.3, 0.4) is 0 Å². The molecular weight excluding hydrogens is 104 g/mol. The van der Waals surface area contributed by atoms with E-state index in [2.05, 4.69) is 9.98 Å². The van der Waals surface area contributed by atoms with Gasteiger partial charge in [0.05, 0.1) is 6.54 Å². The molecule has 0 bridgehead atoms. The second-order valence-corrected chi connectivity index (χ2v) is 1.60. The molecule has 0 radical (unpaired) electrons. The molecular formula is C4H8N4. The van der Waals surface area contributed by atoms with Crippen LogP contribution in [0, 0.1) is 0 Å². The van der Waals surface area contributed by atoms with Gasteiger partial charge in [-0.3, -0.25) is 4.99 Å². The summed E-state index contributed by atoms with van der Waals surface area (Å²) >= 11 is 0. The monoisotopic (exact) mass is 112 g/mol. The van der Waals surface area contributed by atoms with Crippen LogP contribution in [-0.2, 0) is 0 Å². The van der Waals surface area contributed by atoms with Crippen molar-refractivity contribution in [1.82, 2.24) is 0 Å². The van der Waals surface area contributed by atoms with Crippen LogP contribution in [0.25, 0.3) is 0 Å². The zero-order chi connectivity index (χ0) is 5.98. The molecule has 1 aliphatic heterocycles. The molecule has 0 amide bonds. The van der Waals surface area contributed by atoms with Crippen molar-refractivity contribution in [3.63, 3.8) is 0 Å². The Morgan fingerprint density at radius 3 is 2.88 bits per heavy atom. The van der Waals surface area contributed by atoms with Gasteiger partial charge in [-0.1, -0.05) is 0 Å². The number of nitrogens with zero attached hydrogens (tertiary/aromatic N) is 2. The fourth-order valence-corrected chi connectivity index (χ4v) is 0.520. The molecule has 4 nitrogen and oxygen atoms in total. The van der Waals surface area contributed by atoms with Crippen LogP contribution in [0.2, 0.25) is 0 Å². The lowest BCUT2D eigenvalue weighted by atomic mass is 10.4. The topological polar surface area (TPSA) is 76.8 Å². The summed E-state index contributed by atoms with van der Waals surface area (Å²) < 4.78 is 0. The summed E-state index contributed by atoms with van der Waals surface area (Å²) in [6.07, 6.45) is 1.26. The number of hydrogen-bond donors (Lipinski definition) is 2. The molecule has 1 atom stereocenters. The average molecular weight is 112 g/mol. The van der Waals surface area contributed by atoms with Crippen LogP contribution in [0.15, 0.2) is 9.98 Å². The van der Waals surface area contributed by atoms with Crippen molar-refractivity contribution >= 4 is 12.1 Å². The highest BCUT2D eigenvalue weighted by molar-refractivity contribution is 5.88. The standard InChI is InChI=1S/C4H8N4/c5-3-1-7-2-4(6)8-3/h1,3H,2,5H2,(H2,6,8). The summed E-state index contributed by atoms with van der Waals surface area (Å²) in [6, 6.07) is 0.